The van der Waals surface area contributed by atoms with Gasteiger partial charge in [-0.2, -0.15) is 0 Å². The van der Waals surface area contributed by atoms with Crippen LogP contribution in [-0.4, -0.2) is 19.1 Å². The molecule has 1 rings (SSSR count). The molecule has 0 spiro atoms. The second kappa shape index (κ2) is 8.04. The molecule has 2 nitrogen and oxygen atoms in total. The molecule has 1 atom stereocenters. The first-order chi connectivity index (χ1) is 9.36. The predicted octanol–water partition coefficient (Wildman–Crippen LogP) is 4.99. The van der Waals surface area contributed by atoms with Crippen molar-refractivity contribution in [1.82, 2.24) is 5.32 Å². The van der Waals surface area contributed by atoms with E-state index < -0.39 is 0 Å². The van der Waals surface area contributed by atoms with E-state index in [2.05, 4.69) is 85.9 Å². The second-order valence-electron chi connectivity index (χ2n) is 6.13. The molecular weight excluding hydrogens is 312 g/mol. The summed E-state index contributed by atoms with van der Waals surface area (Å²) in [5.74, 6) is 0.657. The molecule has 3 heteroatoms. The van der Waals surface area contributed by atoms with Crippen molar-refractivity contribution < 1.29 is 0 Å². The van der Waals surface area contributed by atoms with Gasteiger partial charge in [0.15, 0.2) is 0 Å². The minimum absolute atomic E-state index is 0.392. The fourth-order valence-electron chi connectivity index (χ4n) is 2.43. The van der Waals surface area contributed by atoms with Gasteiger partial charge in [0, 0.05) is 23.1 Å². The summed E-state index contributed by atoms with van der Waals surface area (Å²) in [5.41, 5.74) is 2.62. The van der Waals surface area contributed by atoms with Gasteiger partial charge < -0.3 is 10.2 Å². The van der Waals surface area contributed by atoms with Gasteiger partial charge in [-0.05, 0) is 66.9 Å². The van der Waals surface area contributed by atoms with E-state index >= 15 is 0 Å². The Hall–Kier alpha value is -0.540. The number of hydrogen-bond donors (Lipinski definition) is 1. The molecule has 1 aromatic carbocycles. The zero-order chi connectivity index (χ0) is 15.3. The van der Waals surface area contributed by atoms with Crippen molar-refractivity contribution in [1.29, 1.82) is 0 Å². The minimum atomic E-state index is 0.392. The van der Waals surface area contributed by atoms with Gasteiger partial charge in [0.1, 0.15) is 0 Å². The van der Waals surface area contributed by atoms with Crippen molar-refractivity contribution in [3.05, 3.63) is 28.2 Å². The van der Waals surface area contributed by atoms with E-state index in [9.17, 15) is 0 Å². The predicted molar refractivity (Wildman–Crippen MR) is 93.6 cm³/mol. The third kappa shape index (κ3) is 4.78. The van der Waals surface area contributed by atoms with E-state index in [0.717, 1.165) is 13.1 Å². The van der Waals surface area contributed by atoms with E-state index in [4.69, 9.17) is 0 Å². The Bertz CT molecular complexity index is 415. The summed E-state index contributed by atoms with van der Waals surface area (Å²) in [6.07, 6.45) is 0. The Morgan fingerprint density at radius 3 is 2.25 bits per heavy atom. The third-order valence-electron chi connectivity index (χ3n) is 3.48. The van der Waals surface area contributed by atoms with Crippen LogP contribution in [0.5, 0.6) is 0 Å². The maximum absolute atomic E-state index is 3.76. The summed E-state index contributed by atoms with van der Waals surface area (Å²) < 4.78 is 1.19. The summed E-state index contributed by atoms with van der Waals surface area (Å²) in [4.78, 5) is 2.47. The molecule has 0 bridgehead atoms. The van der Waals surface area contributed by atoms with Gasteiger partial charge in [-0.3, -0.25) is 0 Å². The van der Waals surface area contributed by atoms with Gasteiger partial charge in [0.25, 0.3) is 0 Å². The zero-order valence-electron chi connectivity index (χ0n) is 13.7. The van der Waals surface area contributed by atoms with Crippen LogP contribution >= 0.6 is 15.9 Å². The average molecular weight is 341 g/mol. The molecule has 20 heavy (non-hydrogen) atoms. The Labute approximate surface area is 133 Å². The molecule has 1 aromatic rings. The molecule has 0 saturated carbocycles. The van der Waals surface area contributed by atoms with Crippen LogP contribution in [0.1, 0.15) is 53.1 Å². The molecule has 1 N–H and O–H groups in total. The lowest BCUT2D eigenvalue weighted by Crippen LogP contribution is -2.34. The van der Waals surface area contributed by atoms with Crippen LogP contribution in [-0.2, 0) is 0 Å². The number of nitrogens with zero attached hydrogens (tertiary/aromatic N) is 1. The molecular formula is C17H29BrN2. The van der Waals surface area contributed by atoms with Crippen molar-refractivity contribution in [2.75, 3.05) is 18.0 Å². The summed E-state index contributed by atoms with van der Waals surface area (Å²) in [5, 5.41) is 3.46. The van der Waals surface area contributed by atoms with Gasteiger partial charge >= 0.3 is 0 Å². The van der Waals surface area contributed by atoms with Crippen molar-refractivity contribution in [2.45, 2.75) is 53.6 Å². The maximum Gasteiger partial charge on any atom is 0.0513 e. The van der Waals surface area contributed by atoms with E-state index in [-0.39, 0.29) is 0 Å². The van der Waals surface area contributed by atoms with Crippen LogP contribution in [0.3, 0.4) is 0 Å². The summed E-state index contributed by atoms with van der Waals surface area (Å²) in [6.45, 7) is 15.5. The highest BCUT2D eigenvalue weighted by Gasteiger charge is 2.16. The molecule has 0 radical (unpaired) electrons. The highest BCUT2D eigenvalue weighted by atomic mass is 79.9. The lowest BCUT2D eigenvalue weighted by molar-refractivity contribution is 0.569. The number of nitrogens with one attached hydrogen (secondary N) is 1. The summed E-state index contributed by atoms with van der Waals surface area (Å²) in [6, 6.07) is 7.63. The molecule has 0 fully saturated rings. The average Bonchev–Trinajstić information content (AvgIpc) is 2.36. The topological polar surface area (TPSA) is 15.3 Å². The first kappa shape index (κ1) is 17.5. The Morgan fingerprint density at radius 2 is 1.80 bits per heavy atom. The van der Waals surface area contributed by atoms with E-state index in [1.807, 2.05) is 0 Å². The van der Waals surface area contributed by atoms with Crippen LogP contribution < -0.4 is 10.2 Å². The van der Waals surface area contributed by atoms with Crippen molar-refractivity contribution >= 4 is 21.6 Å². The SMILES string of the molecule is CCNC(C)c1ccc(N(CC(C)C)C(C)C)c(Br)c1. The normalized spacial score (nSPS) is 13.1. The smallest absolute Gasteiger partial charge is 0.0513 e. The zero-order valence-corrected chi connectivity index (χ0v) is 15.3. The van der Waals surface area contributed by atoms with Crippen molar-refractivity contribution in [2.24, 2.45) is 5.92 Å². The minimum Gasteiger partial charge on any atom is -0.368 e. The van der Waals surface area contributed by atoms with Gasteiger partial charge in [0.2, 0.25) is 0 Å². The lowest BCUT2D eigenvalue weighted by Gasteiger charge is -2.32. The fraction of sp³-hybridized carbons (Fsp3) is 0.647. The Kier molecular flexibility index (Phi) is 7.04. The van der Waals surface area contributed by atoms with E-state index in [1.54, 1.807) is 0 Å². The highest BCUT2D eigenvalue weighted by molar-refractivity contribution is 9.10. The number of hydrogen-bond acceptors (Lipinski definition) is 2. The number of benzene rings is 1. The molecule has 114 valence electrons. The molecule has 0 aromatic heterocycles. The largest absolute Gasteiger partial charge is 0.368 e. The quantitative estimate of drug-likeness (QED) is 0.752. The maximum atomic E-state index is 3.76. The standard InChI is InChI=1S/C17H29BrN2/c1-7-19-14(6)15-8-9-17(16(18)10-15)20(13(4)5)11-12(2)3/h8-10,12-14,19H,7,11H2,1-6H3. The monoisotopic (exact) mass is 340 g/mol. The molecule has 0 aliphatic heterocycles. The first-order valence-corrected chi connectivity index (χ1v) is 8.45. The van der Waals surface area contributed by atoms with Gasteiger partial charge in [-0.1, -0.05) is 26.8 Å². The molecule has 1 unspecified atom stereocenters. The third-order valence-corrected chi connectivity index (χ3v) is 4.11. The van der Waals surface area contributed by atoms with Crippen LogP contribution in [0.2, 0.25) is 0 Å². The molecule has 0 amide bonds. The Balaban J connectivity index is 3.00. The van der Waals surface area contributed by atoms with Gasteiger partial charge in [-0.25, -0.2) is 0 Å². The summed E-state index contributed by atoms with van der Waals surface area (Å²) in [7, 11) is 0. The van der Waals surface area contributed by atoms with E-state index in [0.29, 0.717) is 18.0 Å². The molecule has 0 saturated heterocycles. The Morgan fingerprint density at radius 1 is 1.15 bits per heavy atom. The molecule has 0 aliphatic rings. The van der Waals surface area contributed by atoms with E-state index in [1.165, 1.54) is 15.7 Å². The second-order valence-corrected chi connectivity index (χ2v) is 6.98. The van der Waals surface area contributed by atoms with Crippen LogP contribution in [0.4, 0.5) is 5.69 Å². The molecule has 0 aliphatic carbocycles. The first-order valence-electron chi connectivity index (χ1n) is 7.66. The van der Waals surface area contributed by atoms with Gasteiger partial charge in [-0.15, -0.1) is 0 Å². The van der Waals surface area contributed by atoms with Gasteiger partial charge in [0.05, 0.1) is 5.69 Å². The number of halogens is 1. The number of anilines is 1. The van der Waals surface area contributed by atoms with Crippen molar-refractivity contribution in [3.63, 3.8) is 0 Å². The fourth-order valence-corrected chi connectivity index (χ4v) is 3.05. The van der Waals surface area contributed by atoms with Crippen LogP contribution in [0.15, 0.2) is 22.7 Å². The lowest BCUT2D eigenvalue weighted by atomic mass is 10.1. The number of rotatable bonds is 7. The van der Waals surface area contributed by atoms with Crippen LogP contribution in [0.25, 0.3) is 0 Å². The van der Waals surface area contributed by atoms with Crippen molar-refractivity contribution in [3.8, 4) is 0 Å². The highest BCUT2D eigenvalue weighted by Crippen LogP contribution is 2.31. The van der Waals surface area contributed by atoms with Crippen LogP contribution in [0, 0.1) is 5.92 Å². The summed E-state index contributed by atoms with van der Waals surface area (Å²) >= 11 is 3.76. The molecule has 0 heterocycles.